The van der Waals surface area contributed by atoms with E-state index in [1.165, 1.54) is 17.7 Å². The first-order valence-corrected chi connectivity index (χ1v) is 12.0. The molecule has 7 nitrogen and oxygen atoms in total. The van der Waals surface area contributed by atoms with Crippen LogP contribution in [0.15, 0.2) is 36.7 Å². The Morgan fingerprint density at radius 1 is 1.09 bits per heavy atom. The van der Waals surface area contributed by atoms with Crippen LogP contribution in [0.25, 0.3) is 0 Å². The maximum absolute atomic E-state index is 12.9. The van der Waals surface area contributed by atoms with Gasteiger partial charge in [-0.2, -0.15) is 0 Å². The van der Waals surface area contributed by atoms with E-state index in [4.69, 9.17) is 0 Å². The Labute approximate surface area is 191 Å². The number of piperidine rings is 1. The van der Waals surface area contributed by atoms with E-state index < -0.39 is 0 Å². The molecule has 4 rings (SSSR count). The molecule has 0 saturated carbocycles. The number of rotatable bonds is 7. The van der Waals surface area contributed by atoms with E-state index in [2.05, 4.69) is 68.1 Å². The minimum absolute atomic E-state index is 0.308. The maximum atomic E-state index is 12.9. The third-order valence-electron chi connectivity index (χ3n) is 6.62. The second kappa shape index (κ2) is 10.7. The van der Waals surface area contributed by atoms with Crippen molar-refractivity contribution in [3.05, 3.63) is 42.2 Å². The van der Waals surface area contributed by atoms with E-state index >= 15 is 0 Å². The van der Waals surface area contributed by atoms with Crippen molar-refractivity contribution in [3.8, 4) is 0 Å². The van der Waals surface area contributed by atoms with E-state index in [-0.39, 0.29) is 0 Å². The first-order valence-electron chi connectivity index (χ1n) is 12.0. The summed E-state index contributed by atoms with van der Waals surface area (Å²) in [6.07, 6.45) is 5.58. The van der Waals surface area contributed by atoms with Gasteiger partial charge in [-0.05, 0) is 56.7 Å². The van der Waals surface area contributed by atoms with Crippen LogP contribution in [0, 0.1) is 12.8 Å². The van der Waals surface area contributed by atoms with Crippen LogP contribution in [0.2, 0.25) is 0 Å². The molecule has 1 amide bonds. The van der Waals surface area contributed by atoms with Gasteiger partial charge in [-0.15, -0.1) is 0 Å². The molecular weight excluding hydrogens is 400 g/mol. The van der Waals surface area contributed by atoms with E-state index in [1.54, 1.807) is 6.33 Å². The number of aryl methyl sites for hydroxylation is 1. The molecule has 2 aromatic rings. The number of benzene rings is 1. The Balaban J connectivity index is 1.24. The van der Waals surface area contributed by atoms with Gasteiger partial charge in [0.25, 0.3) is 0 Å². The molecule has 32 heavy (non-hydrogen) atoms. The lowest BCUT2D eigenvalue weighted by Crippen LogP contribution is -2.49. The van der Waals surface area contributed by atoms with Gasteiger partial charge in [0.1, 0.15) is 18.0 Å². The van der Waals surface area contributed by atoms with Crippen LogP contribution in [0.5, 0.6) is 0 Å². The average molecular weight is 437 g/mol. The number of aromatic nitrogens is 2. The van der Waals surface area contributed by atoms with Gasteiger partial charge >= 0.3 is 0 Å². The summed E-state index contributed by atoms with van der Waals surface area (Å²) >= 11 is 0. The van der Waals surface area contributed by atoms with Gasteiger partial charge in [0.05, 0.1) is 0 Å². The van der Waals surface area contributed by atoms with Gasteiger partial charge in [-0.3, -0.25) is 4.79 Å². The fourth-order valence-corrected chi connectivity index (χ4v) is 4.83. The molecule has 0 aliphatic carbocycles. The molecule has 0 radical (unpaired) electrons. The fourth-order valence-electron chi connectivity index (χ4n) is 4.83. The minimum Gasteiger partial charge on any atom is -0.370 e. The van der Waals surface area contributed by atoms with Crippen LogP contribution in [0.1, 0.15) is 38.2 Å². The Hall–Kier alpha value is -2.83. The summed E-state index contributed by atoms with van der Waals surface area (Å²) in [6, 6.07) is 10.7. The number of piperazine rings is 1. The summed E-state index contributed by atoms with van der Waals surface area (Å²) in [7, 11) is 0. The van der Waals surface area contributed by atoms with Crippen molar-refractivity contribution in [2.45, 2.75) is 39.5 Å². The van der Waals surface area contributed by atoms with Crippen molar-refractivity contribution in [3.63, 3.8) is 0 Å². The molecule has 7 heteroatoms. The zero-order valence-electron chi connectivity index (χ0n) is 19.5. The van der Waals surface area contributed by atoms with E-state index in [1.807, 2.05) is 6.07 Å². The molecule has 2 aliphatic rings. The molecule has 0 bridgehead atoms. The molecule has 3 heterocycles. The van der Waals surface area contributed by atoms with E-state index in [9.17, 15) is 4.79 Å². The van der Waals surface area contributed by atoms with Gasteiger partial charge < -0.3 is 20.0 Å². The van der Waals surface area contributed by atoms with E-state index in [0.717, 1.165) is 70.3 Å². The highest BCUT2D eigenvalue weighted by Crippen LogP contribution is 2.26. The predicted molar refractivity (Wildman–Crippen MR) is 130 cm³/mol. The quantitative estimate of drug-likeness (QED) is 0.716. The summed E-state index contributed by atoms with van der Waals surface area (Å²) in [5.74, 6) is 2.71. The minimum atomic E-state index is 0.308. The van der Waals surface area contributed by atoms with Crippen LogP contribution < -0.4 is 15.1 Å². The van der Waals surface area contributed by atoms with Gasteiger partial charge in [0.15, 0.2) is 0 Å². The highest BCUT2D eigenvalue weighted by molar-refractivity contribution is 5.76. The topological polar surface area (TPSA) is 64.6 Å². The zero-order chi connectivity index (χ0) is 22.3. The van der Waals surface area contributed by atoms with Crippen LogP contribution in [0.4, 0.5) is 17.3 Å². The molecular formula is C25H36N6O. The van der Waals surface area contributed by atoms with Gasteiger partial charge in [0, 0.05) is 64.0 Å². The molecule has 1 aromatic carbocycles. The summed E-state index contributed by atoms with van der Waals surface area (Å²) in [4.78, 5) is 28.4. The number of nitrogens with zero attached hydrogens (tertiary/aromatic N) is 5. The highest BCUT2D eigenvalue weighted by Gasteiger charge is 2.25. The number of carbonyl (C=O) groups excluding carboxylic acids is 1. The van der Waals surface area contributed by atoms with E-state index in [0.29, 0.717) is 18.2 Å². The number of anilines is 3. The first-order chi connectivity index (χ1) is 15.6. The molecule has 1 aromatic heterocycles. The third-order valence-corrected chi connectivity index (χ3v) is 6.62. The lowest BCUT2D eigenvalue weighted by atomic mass is 9.93. The smallest absolute Gasteiger partial charge is 0.222 e. The first kappa shape index (κ1) is 22.4. The van der Waals surface area contributed by atoms with Crippen molar-refractivity contribution in [1.29, 1.82) is 0 Å². The van der Waals surface area contributed by atoms with Gasteiger partial charge in [0.2, 0.25) is 5.91 Å². The second-order valence-electron chi connectivity index (χ2n) is 8.99. The fraction of sp³-hybridized carbons (Fsp3) is 0.560. The summed E-state index contributed by atoms with van der Waals surface area (Å²) < 4.78 is 0. The molecule has 1 atom stereocenters. The molecule has 2 aliphatic heterocycles. The van der Waals surface area contributed by atoms with Crippen LogP contribution in [0.3, 0.4) is 0 Å². The predicted octanol–water partition coefficient (Wildman–Crippen LogP) is 3.56. The lowest BCUT2D eigenvalue weighted by Gasteiger charge is -2.37. The Morgan fingerprint density at radius 3 is 2.72 bits per heavy atom. The summed E-state index contributed by atoms with van der Waals surface area (Å²) in [5, 5.41) is 3.26. The standard InChI is InChI=1S/C25H36N6O/c1-3-26-23-17-24(28-19-27-23)31-11-5-7-21(18-31)9-10-25(32)30-14-12-29(13-15-30)22-8-4-6-20(2)16-22/h4,6,8,16-17,19,21H,3,5,7,9-15,18H2,1-2H3,(H,26,27,28). The Kier molecular flexibility index (Phi) is 7.45. The maximum Gasteiger partial charge on any atom is 0.222 e. The zero-order valence-corrected chi connectivity index (χ0v) is 19.5. The van der Waals surface area contributed by atoms with Crippen molar-refractivity contribution in [2.24, 2.45) is 5.92 Å². The van der Waals surface area contributed by atoms with Crippen LogP contribution in [-0.2, 0) is 4.79 Å². The number of hydrogen-bond donors (Lipinski definition) is 1. The molecule has 2 fully saturated rings. The van der Waals surface area contributed by atoms with Crippen molar-refractivity contribution < 1.29 is 4.79 Å². The SMILES string of the molecule is CCNc1cc(N2CCCC(CCC(=O)N3CCN(c4cccc(C)c4)CC3)C2)ncn1. The molecule has 1 unspecified atom stereocenters. The second-order valence-corrected chi connectivity index (χ2v) is 8.99. The Bertz CT molecular complexity index is 896. The molecule has 2 saturated heterocycles. The molecule has 1 N–H and O–H groups in total. The lowest BCUT2D eigenvalue weighted by molar-refractivity contribution is -0.131. The third kappa shape index (κ3) is 5.69. The van der Waals surface area contributed by atoms with Gasteiger partial charge in [-0.25, -0.2) is 9.97 Å². The molecule has 172 valence electrons. The van der Waals surface area contributed by atoms with Crippen LogP contribution >= 0.6 is 0 Å². The summed E-state index contributed by atoms with van der Waals surface area (Å²) in [6.45, 7) is 10.5. The monoisotopic (exact) mass is 436 g/mol. The van der Waals surface area contributed by atoms with Crippen molar-refractivity contribution >= 4 is 23.2 Å². The molecule has 0 spiro atoms. The van der Waals surface area contributed by atoms with Crippen LogP contribution in [-0.4, -0.2) is 66.6 Å². The average Bonchev–Trinajstić information content (AvgIpc) is 2.83. The number of carbonyl (C=O) groups is 1. The van der Waals surface area contributed by atoms with Crippen molar-refractivity contribution in [2.75, 3.05) is 60.9 Å². The number of nitrogens with one attached hydrogen (secondary N) is 1. The normalized spacial score (nSPS) is 19.2. The van der Waals surface area contributed by atoms with Crippen molar-refractivity contribution in [1.82, 2.24) is 14.9 Å². The van der Waals surface area contributed by atoms with Gasteiger partial charge in [-0.1, -0.05) is 12.1 Å². The Morgan fingerprint density at radius 2 is 1.94 bits per heavy atom. The number of hydrogen-bond acceptors (Lipinski definition) is 6. The summed E-state index contributed by atoms with van der Waals surface area (Å²) in [5.41, 5.74) is 2.55. The number of amides is 1. The highest BCUT2D eigenvalue weighted by atomic mass is 16.2. The largest absolute Gasteiger partial charge is 0.370 e.